The Morgan fingerprint density at radius 3 is 2.71 bits per heavy atom. The third-order valence-electron chi connectivity index (χ3n) is 2.87. The molecule has 1 N–H and O–H groups in total. The number of halogens is 1. The molecule has 0 aromatic heterocycles. The van der Waals surface area contributed by atoms with E-state index < -0.39 is 0 Å². The molecule has 3 nitrogen and oxygen atoms in total. The summed E-state index contributed by atoms with van der Waals surface area (Å²) in [4.78, 5) is 0. The van der Waals surface area contributed by atoms with Crippen LogP contribution >= 0.6 is 15.9 Å². The van der Waals surface area contributed by atoms with Crippen molar-refractivity contribution < 1.29 is 14.6 Å². The van der Waals surface area contributed by atoms with Crippen LogP contribution in [0.15, 0.2) is 10.5 Å². The van der Waals surface area contributed by atoms with E-state index in [4.69, 9.17) is 9.47 Å². The highest BCUT2D eigenvalue weighted by Crippen LogP contribution is 2.43. The van der Waals surface area contributed by atoms with Crippen molar-refractivity contribution in [2.75, 3.05) is 13.2 Å². The molecule has 4 heteroatoms. The van der Waals surface area contributed by atoms with Gasteiger partial charge in [0.1, 0.15) is 0 Å². The molecule has 0 atom stereocenters. The molecule has 1 aromatic carbocycles. The molecule has 17 heavy (non-hydrogen) atoms. The minimum Gasteiger partial charge on any atom is -0.490 e. The summed E-state index contributed by atoms with van der Waals surface area (Å²) in [6.45, 7) is 5.53. The van der Waals surface area contributed by atoms with E-state index in [2.05, 4.69) is 29.8 Å². The second kappa shape index (κ2) is 5.27. The molecule has 0 amide bonds. The minimum absolute atomic E-state index is 0.00470. The Labute approximate surface area is 110 Å². The summed E-state index contributed by atoms with van der Waals surface area (Å²) in [7, 11) is 0. The van der Waals surface area contributed by atoms with Crippen LogP contribution in [0.5, 0.6) is 11.5 Å². The zero-order chi connectivity index (χ0) is 12.4. The van der Waals surface area contributed by atoms with E-state index in [1.165, 1.54) is 0 Å². The molecular weight excluding hydrogens is 284 g/mol. The van der Waals surface area contributed by atoms with Gasteiger partial charge in [-0.3, -0.25) is 0 Å². The van der Waals surface area contributed by atoms with Gasteiger partial charge in [0.05, 0.1) is 19.8 Å². The van der Waals surface area contributed by atoms with Gasteiger partial charge in [0, 0.05) is 16.5 Å². The number of aliphatic hydroxyl groups is 1. The van der Waals surface area contributed by atoms with Crippen molar-refractivity contribution >= 4 is 15.9 Å². The molecule has 1 aliphatic heterocycles. The van der Waals surface area contributed by atoms with E-state index in [1.54, 1.807) is 0 Å². The fourth-order valence-corrected chi connectivity index (χ4v) is 2.66. The van der Waals surface area contributed by atoms with Crippen LogP contribution in [0.1, 0.15) is 37.3 Å². The maximum atomic E-state index is 9.49. The molecular formula is C13H17BrO3. The molecule has 0 unspecified atom stereocenters. The zero-order valence-corrected chi connectivity index (χ0v) is 11.7. The normalized spacial score (nSPS) is 14.9. The predicted octanol–water partition coefficient (Wildman–Crippen LogP) is 3.23. The lowest BCUT2D eigenvalue weighted by molar-refractivity contribution is 0.275. The van der Waals surface area contributed by atoms with Crippen LogP contribution in [0.25, 0.3) is 0 Å². The second-order valence-electron chi connectivity index (χ2n) is 4.44. The molecule has 0 saturated heterocycles. The number of hydrogen-bond donors (Lipinski definition) is 1. The van der Waals surface area contributed by atoms with Crippen molar-refractivity contribution in [1.82, 2.24) is 0 Å². The monoisotopic (exact) mass is 300 g/mol. The SMILES string of the molecule is CC(C)c1c(CO)c(Br)cc2c1OCCCO2. The van der Waals surface area contributed by atoms with Gasteiger partial charge < -0.3 is 14.6 Å². The molecule has 0 radical (unpaired) electrons. The molecule has 1 heterocycles. The van der Waals surface area contributed by atoms with Crippen LogP contribution < -0.4 is 9.47 Å². The summed E-state index contributed by atoms with van der Waals surface area (Å²) in [5, 5.41) is 9.49. The van der Waals surface area contributed by atoms with E-state index >= 15 is 0 Å². The van der Waals surface area contributed by atoms with E-state index in [1.807, 2.05) is 6.07 Å². The van der Waals surface area contributed by atoms with Gasteiger partial charge in [-0.05, 0) is 17.5 Å². The Hall–Kier alpha value is -0.740. The highest BCUT2D eigenvalue weighted by Gasteiger charge is 2.22. The first-order valence-electron chi connectivity index (χ1n) is 5.87. The highest BCUT2D eigenvalue weighted by atomic mass is 79.9. The van der Waals surface area contributed by atoms with Gasteiger partial charge in [0.25, 0.3) is 0 Å². The van der Waals surface area contributed by atoms with E-state index in [0.29, 0.717) is 13.2 Å². The van der Waals surface area contributed by atoms with Gasteiger partial charge in [0.2, 0.25) is 0 Å². The van der Waals surface area contributed by atoms with Crippen molar-refractivity contribution in [1.29, 1.82) is 0 Å². The fraction of sp³-hybridized carbons (Fsp3) is 0.538. The minimum atomic E-state index is 0.00470. The third kappa shape index (κ3) is 2.43. The molecule has 2 rings (SSSR count). The molecule has 0 saturated carbocycles. The Balaban J connectivity index is 2.62. The first-order chi connectivity index (χ1) is 8.15. The molecule has 0 bridgehead atoms. The topological polar surface area (TPSA) is 38.7 Å². The fourth-order valence-electron chi connectivity index (χ4n) is 2.11. The summed E-state index contributed by atoms with van der Waals surface area (Å²) >= 11 is 3.48. The second-order valence-corrected chi connectivity index (χ2v) is 5.30. The molecule has 0 fully saturated rings. The average Bonchev–Trinajstić information content (AvgIpc) is 2.51. The third-order valence-corrected chi connectivity index (χ3v) is 3.58. The highest BCUT2D eigenvalue weighted by molar-refractivity contribution is 9.10. The lowest BCUT2D eigenvalue weighted by Gasteiger charge is -2.19. The van der Waals surface area contributed by atoms with Crippen LogP contribution in [-0.4, -0.2) is 18.3 Å². The predicted molar refractivity (Wildman–Crippen MR) is 69.8 cm³/mol. The van der Waals surface area contributed by atoms with Crippen LogP contribution in [0.3, 0.4) is 0 Å². The zero-order valence-electron chi connectivity index (χ0n) is 10.1. The number of aliphatic hydroxyl groups excluding tert-OH is 1. The smallest absolute Gasteiger partial charge is 0.165 e. The summed E-state index contributed by atoms with van der Waals surface area (Å²) in [6, 6.07) is 1.89. The van der Waals surface area contributed by atoms with Crippen molar-refractivity contribution in [2.24, 2.45) is 0 Å². The van der Waals surface area contributed by atoms with Crippen LogP contribution in [0.2, 0.25) is 0 Å². The standard InChI is InChI=1S/C13H17BrO3/c1-8(2)12-9(7-15)10(14)6-11-13(12)17-5-3-4-16-11/h6,8,15H,3-5,7H2,1-2H3. The molecule has 1 aliphatic rings. The Bertz CT molecular complexity index is 416. The summed E-state index contributed by atoms with van der Waals surface area (Å²) in [5.74, 6) is 1.85. The van der Waals surface area contributed by atoms with E-state index in [0.717, 1.165) is 33.5 Å². The molecule has 94 valence electrons. The lowest BCUT2D eigenvalue weighted by atomic mass is 9.96. The van der Waals surface area contributed by atoms with Gasteiger partial charge in [-0.15, -0.1) is 0 Å². The lowest BCUT2D eigenvalue weighted by Crippen LogP contribution is -2.04. The van der Waals surface area contributed by atoms with Crippen LogP contribution in [-0.2, 0) is 6.61 Å². The molecule has 0 spiro atoms. The maximum Gasteiger partial charge on any atom is 0.165 e. The van der Waals surface area contributed by atoms with Crippen molar-refractivity contribution in [3.05, 3.63) is 21.7 Å². The van der Waals surface area contributed by atoms with Gasteiger partial charge >= 0.3 is 0 Å². The largest absolute Gasteiger partial charge is 0.490 e. The van der Waals surface area contributed by atoms with Crippen molar-refractivity contribution in [2.45, 2.75) is 32.8 Å². The number of ether oxygens (including phenoxy) is 2. The molecule has 0 aliphatic carbocycles. The van der Waals surface area contributed by atoms with Crippen LogP contribution in [0.4, 0.5) is 0 Å². The quantitative estimate of drug-likeness (QED) is 0.911. The Kier molecular flexibility index (Phi) is 3.94. The van der Waals surface area contributed by atoms with Gasteiger partial charge in [-0.1, -0.05) is 29.8 Å². The number of rotatable bonds is 2. The van der Waals surface area contributed by atoms with Gasteiger partial charge in [0.15, 0.2) is 11.5 Å². The summed E-state index contributed by atoms with van der Waals surface area (Å²) in [6.07, 6.45) is 0.887. The number of fused-ring (bicyclic) bond motifs is 1. The maximum absolute atomic E-state index is 9.49. The number of benzene rings is 1. The van der Waals surface area contributed by atoms with Crippen molar-refractivity contribution in [3.63, 3.8) is 0 Å². The number of hydrogen-bond acceptors (Lipinski definition) is 3. The molecule has 1 aromatic rings. The Morgan fingerprint density at radius 2 is 2.06 bits per heavy atom. The van der Waals surface area contributed by atoms with Gasteiger partial charge in [-0.25, -0.2) is 0 Å². The summed E-state index contributed by atoms with van der Waals surface area (Å²) < 4.78 is 12.3. The van der Waals surface area contributed by atoms with E-state index in [-0.39, 0.29) is 12.5 Å². The summed E-state index contributed by atoms with van der Waals surface area (Å²) in [5.41, 5.74) is 1.93. The van der Waals surface area contributed by atoms with Crippen LogP contribution in [0, 0.1) is 0 Å². The van der Waals surface area contributed by atoms with Crippen molar-refractivity contribution in [3.8, 4) is 11.5 Å². The first kappa shape index (κ1) is 12.7. The Morgan fingerprint density at radius 1 is 1.35 bits per heavy atom. The van der Waals surface area contributed by atoms with E-state index in [9.17, 15) is 5.11 Å². The first-order valence-corrected chi connectivity index (χ1v) is 6.66. The average molecular weight is 301 g/mol. The van der Waals surface area contributed by atoms with Gasteiger partial charge in [-0.2, -0.15) is 0 Å².